The molecule has 0 fully saturated rings. The number of rotatable bonds is 4. The van der Waals surface area contributed by atoms with Gasteiger partial charge in [-0.2, -0.15) is 0 Å². The Morgan fingerprint density at radius 1 is 1.23 bits per heavy atom. The van der Waals surface area contributed by atoms with E-state index >= 15 is 0 Å². The van der Waals surface area contributed by atoms with Gasteiger partial charge in [-0.3, -0.25) is 4.79 Å². The van der Waals surface area contributed by atoms with Crippen molar-refractivity contribution in [3.8, 4) is 0 Å². The van der Waals surface area contributed by atoms with Gasteiger partial charge in [0.2, 0.25) is 5.91 Å². The second-order valence-electron chi connectivity index (χ2n) is 4.58. The third kappa shape index (κ3) is 2.75. The van der Waals surface area contributed by atoms with Crippen LogP contribution in [0.3, 0.4) is 0 Å². The number of carboxylic acids is 1. The molecule has 0 aliphatic rings. The molecule has 22 heavy (non-hydrogen) atoms. The molecule has 3 rings (SSSR count). The van der Waals surface area contributed by atoms with Crippen LogP contribution in [-0.2, 0) is 11.2 Å². The number of nitrogens with one attached hydrogen (secondary N) is 1. The smallest absolute Gasteiger partial charge is 0.335 e. The molecule has 0 saturated carbocycles. The molecular formula is C14H11N5O3. The number of nitrogens with zero attached hydrogens (tertiary/aromatic N) is 4. The maximum absolute atomic E-state index is 12.1. The number of carbonyl (C=O) groups excluding carboxylic acids is 1. The molecule has 0 aliphatic heterocycles. The van der Waals surface area contributed by atoms with Gasteiger partial charge in [0.15, 0.2) is 5.65 Å². The fraction of sp³-hybridized carbons (Fsp3) is 0.0714. The van der Waals surface area contributed by atoms with Crippen LogP contribution in [0.5, 0.6) is 0 Å². The molecule has 2 N–H and O–H groups in total. The van der Waals surface area contributed by atoms with Crippen molar-refractivity contribution in [2.24, 2.45) is 0 Å². The molecule has 3 aromatic rings. The number of hydrogen-bond acceptors (Lipinski definition) is 5. The van der Waals surface area contributed by atoms with E-state index in [4.69, 9.17) is 5.11 Å². The first-order valence-electron chi connectivity index (χ1n) is 6.42. The number of benzene rings is 1. The summed E-state index contributed by atoms with van der Waals surface area (Å²) in [6.07, 6.45) is 1.59. The van der Waals surface area contributed by atoms with Crippen molar-refractivity contribution < 1.29 is 14.7 Å². The lowest BCUT2D eigenvalue weighted by Gasteiger charge is -2.07. The Bertz CT molecular complexity index is 858. The molecule has 0 spiro atoms. The van der Waals surface area contributed by atoms with E-state index in [2.05, 4.69) is 20.8 Å². The van der Waals surface area contributed by atoms with Gasteiger partial charge in [0.1, 0.15) is 0 Å². The molecule has 110 valence electrons. The van der Waals surface area contributed by atoms with E-state index in [1.165, 1.54) is 10.6 Å². The largest absolute Gasteiger partial charge is 0.478 e. The minimum absolute atomic E-state index is 0.0292. The summed E-state index contributed by atoms with van der Waals surface area (Å²) in [7, 11) is 0. The number of aromatic carboxylic acids is 1. The van der Waals surface area contributed by atoms with Gasteiger partial charge >= 0.3 is 5.97 Å². The summed E-state index contributed by atoms with van der Waals surface area (Å²) in [5, 5.41) is 22.8. The number of fused-ring (bicyclic) bond motifs is 1. The van der Waals surface area contributed by atoms with Crippen LogP contribution in [0.1, 0.15) is 15.9 Å². The Kier molecular flexibility index (Phi) is 3.48. The van der Waals surface area contributed by atoms with Gasteiger partial charge in [0.05, 0.1) is 12.0 Å². The molecule has 1 amide bonds. The maximum Gasteiger partial charge on any atom is 0.335 e. The topological polar surface area (TPSA) is 109 Å². The highest BCUT2D eigenvalue weighted by Gasteiger charge is 2.12. The van der Waals surface area contributed by atoms with Crippen molar-refractivity contribution in [1.29, 1.82) is 0 Å². The van der Waals surface area contributed by atoms with Gasteiger partial charge in [-0.1, -0.05) is 18.2 Å². The average Bonchev–Trinajstić information content (AvgIpc) is 2.95. The van der Waals surface area contributed by atoms with E-state index in [0.29, 0.717) is 16.9 Å². The van der Waals surface area contributed by atoms with E-state index in [-0.39, 0.29) is 17.9 Å². The molecule has 2 heterocycles. The van der Waals surface area contributed by atoms with Crippen molar-refractivity contribution in [2.45, 2.75) is 6.42 Å². The Balaban J connectivity index is 1.76. The summed E-state index contributed by atoms with van der Waals surface area (Å²) in [6, 6.07) is 9.69. The van der Waals surface area contributed by atoms with Crippen LogP contribution in [-0.4, -0.2) is 37.0 Å². The summed E-state index contributed by atoms with van der Waals surface area (Å²) in [6.45, 7) is 0. The van der Waals surface area contributed by atoms with Crippen LogP contribution in [0.4, 0.5) is 5.69 Å². The highest BCUT2D eigenvalue weighted by Crippen LogP contribution is 2.13. The SMILES string of the molecule is O=C(Cc1ccccc1C(=O)O)Nc1ccn2nnnc2c1. The van der Waals surface area contributed by atoms with Crippen molar-refractivity contribution in [2.75, 3.05) is 5.32 Å². The highest BCUT2D eigenvalue weighted by atomic mass is 16.4. The summed E-state index contributed by atoms with van der Waals surface area (Å²) in [5.74, 6) is -1.37. The maximum atomic E-state index is 12.1. The van der Waals surface area contributed by atoms with Gasteiger partial charge in [-0.25, -0.2) is 9.31 Å². The number of tetrazole rings is 1. The predicted octanol–water partition coefficient (Wildman–Crippen LogP) is 1.00. The van der Waals surface area contributed by atoms with Gasteiger partial charge in [0, 0.05) is 18.0 Å². The summed E-state index contributed by atoms with van der Waals surface area (Å²) >= 11 is 0. The molecule has 8 nitrogen and oxygen atoms in total. The predicted molar refractivity (Wildman–Crippen MR) is 76.5 cm³/mol. The molecule has 2 aromatic heterocycles. The normalized spacial score (nSPS) is 10.5. The van der Waals surface area contributed by atoms with Crippen LogP contribution in [0.15, 0.2) is 42.6 Å². The van der Waals surface area contributed by atoms with Gasteiger partial charge in [-0.15, -0.1) is 5.10 Å². The fourth-order valence-electron chi connectivity index (χ4n) is 2.08. The van der Waals surface area contributed by atoms with Crippen LogP contribution in [0.2, 0.25) is 0 Å². The Labute approximate surface area is 124 Å². The quantitative estimate of drug-likeness (QED) is 0.743. The zero-order chi connectivity index (χ0) is 15.5. The Hall–Kier alpha value is -3.29. The molecule has 8 heteroatoms. The monoisotopic (exact) mass is 297 g/mol. The first kappa shape index (κ1) is 13.7. The minimum atomic E-state index is -1.06. The first-order chi connectivity index (χ1) is 10.6. The van der Waals surface area contributed by atoms with E-state index in [0.717, 1.165) is 0 Å². The third-order valence-corrected chi connectivity index (χ3v) is 3.08. The number of carbonyl (C=O) groups is 2. The molecule has 0 aliphatic carbocycles. The molecule has 1 aromatic carbocycles. The lowest BCUT2D eigenvalue weighted by molar-refractivity contribution is -0.115. The molecule has 0 unspecified atom stereocenters. The fourth-order valence-corrected chi connectivity index (χ4v) is 2.08. The van der Waals surface area contributed by atoms with Gasteiger partial charge < -0.3 is 10.4 Å². The lowest BCUT2D eigenvalue weighted by atomic mass is 10.0. The second-order valence-corrected chi connectivity index (χ2v) is 4.58. The van der Waals surface area contributed by atoms with Gasteiger partial charge in [0.25, 0.3) is 0 Å². The third-order valence-electron chi connectivity index (χ3n) is 3.08. The van der Waals surface area contributed by atoms with Crippen LogP contribution in [0.25, 0.3) is 5.65 Å². The Morgan fingerprint density at radius 2 is 2.05 bits per heavy atom. The van der Waals surface area contributed by atoms with E-state index < -0.39 is 5.97 Å². The summed E-state index contributed by atoms with van der Waals surface area (Å²) < 4.78 is 1.47. The van der Waals surface area contributed by atoms with Crippen molar-refractivity contribution in [3.05, 3.63) is 53.7 Å². The number of aromatic nitrogens is 4. The number of pyridine rings is 1. The zero-order valence-electron chi connectivity index (χ0n) is 11.3. The van der Waals surface area contributed by atoms with Gasteiger partial charge in [-0.05, 0) is 28.1 Å². The molecule has 0 atom stereocenters. The van der Waals surface area contributed by atoms with Crippen molar-refractivity contribution in [3.63, 3.8) is 0 Å². The highest BCUT2D eigenvalue weighted by molar-refractivity contribution is 5.96. The molecule has 0 radical (unpaired) electrons. The van der Waals surface area contributed by atoms with Crippen LogP contribution < -0.4 is 5.32 Å². The Morgan fingerprint density at radius 3 is 2.86 bits per heavy atom. The van der Waals surface area contributed by atoms with Crippen LogP contribution >= 0.6 is 0 Å². The molecule has 0 bridgehead atoms. The molecular weight excluding hydrogens is 286 g/mol. The van der Waals surface area contributed by atoms with E-state index in [9.17, 15) is 9.59 Å². The lowest BCUT2D eigenvalue weighted by Crippen LogP contribution is -2.16. The van der Waals surface area contributed by atoms with Crippen molar-refractivity contribution >= 4 is 23.2 Å². The van der Waals surface area contributed by atoms with Crippen LogP contribution in [0, 0.1) is 0 Å². The van der Waals surface area contributed by atoms with E-state index in [1.54, 1.807) is 36.5 Å². The summed E-state index contributed by atoms with van der Waals surface area (Å²) in [5.41, 5.74) is 1.62. The minimum Gasteiger partial charge on any atom is -0.478 e. The zero-order valence-corrected chi connectivity index (χ0v) is 11.3. The van der Waals surface area contributed by atoms with E-state index in [1.807, 2.05) is 0 Å². The summed E-state index contributed by atoms with van der Waals surface area (Å²) in [4.78, 5) is 23.2. The second kappa shape index (κ2) is 5.60. The first-order valence-corrected chi connectivity index (χ1v) is 6.42. The van der Waals surface area contributed by atoms with Crippen molar-refractivity contribution in [1.82, 2.24) is 20.0 Å². The number of carboxylic acid groups (broad SMARTS) is 1. The number of anilines is 1. The standard InChI is InChI=1S/C14H11N5O3/c20-13(7-9-3-1-2-4-11(9)14(21)22)15-10-5-6-19-12(8-10)16-17-18-19/h1-6,8H,7H2,(H,15,20)(H,21,22). The number of amides is 1. The average molecular weight is 297 g/mol. The number of hydrogen-bond donors (Lipinski definition) is 2. The molecule has 0 saturated heterocycles.